The quantitative estimate of drug-likeness (QED) is 0.368. The Balaban J connectivity index is 5.11. The molecule has 0 aliphatic carbocycles. The monoisotopic (exact) mass is 293 g/mol. The first-order valence-electron chi connectivity index (χ1n) is 8.02. The maximum absolute atomic E-state index is 13.7. The predicted octanol–water partition coefficient (Wildman–Crippen LogP) is 6.29. The Hall–Kier alpha value is -1.18. The molecule has 0 aromatic carbocycles. The van der Waals surface area contributed by atoms with Gasteiger partial charge in [0.2, 0.25) is 0 Å². The van der Waals surface area contributed by atoms with E-state index in [0.29, 0.717) is 5.92 Å². The SMILES string of the molecule is CCCN=C(C)C/C(C)=C(/C=C\C(F)=C\C(C)C)C(C)C. The highest BCUT2D eigenvalue weighted by atomic mass is 19.1. The summed E-state index contributed by atoms with van der Waals surface area (Å²) < 4.78 is 13.7. The van der Waals surface area contributed by atoms with Gasteiger partial charge in [-0.25, -0.2) is 4.39 Å². The maximum atomic E-state index is 13.7. The van der Waals surface area contributed by atoms with Crippen molar-refractivity contribution in [2.45, 2.75) is 61.3 Å². The van der Waals surface area contributed by atoms with E-state index in [1.165, 1.54) is 11.1 Å². The summed E-state index contributed by atoms with van der Waals surface area (Å²) >= 11 is 0. The molecule has 21 heavy (non-hydrogen) atoms. The number of aliphatic imine (C=N–C) groups is 1. The summed E-state index contributed by atoms with van der Waals surface area (Å²) in [5.74, 6) is 0.449. The Labute approximate surface area is 130 Å². The third-order valence-corrected chi connectivity index (χ3v) is 3.16. The summed E-state index contributed by atoms with van der Waals surface area (Å²) in [5, 5.41) is 0. The molecule has 1 nitrogen and oxygen atoms in total. The van der Waals surface area contributed by atoms with Gasteiger partial charge in [0.25, 0.3) is 0 Å². The van der Waals surface area contributed by atoms with Crippen LogP contribution >= 0.6 is 0 Å². The molecule has 0 unspecified atom stereocenters. The molecule has 120 valence electrons. The zero-order valence-corrected chi connectivity index (χ0v) is 14.8. The van der Waals surface area contributed by atoms with Crippen LogP contribution in [-0.2, 0) is 0 Å². The van der Waals surface area contributed by atoms with Crippen LogP contribution in [0.5, 0.6) is 0 Å². The third kappa shape index (κ3) is 9.38. The van der Waals surface area contributed by atoms with Gasteiger partial charge in [0.15, 0.2) is 0 Å². The highest BCUT2D eigenvalue weighted by Crippen LogP contribution is 2.20. The van der Waals surface area contributed by atoms with Crippen molar-refractivity contribution in [3.63, 3.8) is 0 Å². The molecule has 0 aromatic rings. The Morgan fingerprint density at radius 1 is 1.10 bits per heavy atom. The van der Waals surface area contributed by atoms with Crippen LogP contribution in [0, 0.1) is 11.8 Å². The van der Waals surface area contributed by atoms with E-state index < -0.39 is 0 Å². The van der Waals surface area contributed by atoms with Gasteiger partial charge in [-0.2, -0.15) is 0 Å². The summed E-state index contributed by atoms with van der Waals surface area (Å²) in [5.41, 5.74) is 3.63. The molecule has 0 aliphatic heterocycles. The molecule has 0 saturated heterocycles. The van der Waals surface area contributed by atoms with Crippen LogP contribution in [0.15, 0.2) is 40.2 Å². The van der Waals surface area contributed by atoms with Gasteiger partial charge < -0.3 is 0 Å². The van der Waals surface area contributed by atoms with Crippen LogP contribution in [-0.4, -0.2) is 12.3 Å². The minimum Gasteiger partial charge on any atom is -0.294 e. The number of hydrogen-bond donors (Lipinski definition) is 0. The lowest BCUT2D eigenvalue weighted by Gasteiger charge is -2.12. The van der Waals surface area contributed by atoms with Crippen LogP contribution in [0.2, 0.25) is 0 Å². The van der Waals surface area contributed by atoms with Crippen LogP contribution in [0.3, 0.4) is 0 Å². The molecular formula is C19H32FN. The molecule has 0 aliphatic rings. The Morgan fingerprint density at radius 2 is 1.71 bits per heavy atom. The lowest BCUT2D eigenvalue weighted by Crippen LogP contribution is -2.01. The lowest BCUT2D eigenvalue weighted by atomic mass is 9.94. The standard InChI is InChI=1S/C19H32FN/c1-8-11-21-17(7)13-16(6)19(15(4)5)10-9-18(20)12-14(2)3/h9-10,12,14-15H,8,11,13H2,1-7H3/b10-9-,18-12-,19-16-,21-17?. The van der Waals surface area contributed by atoms with Gasteiger partial charge in [-0.3, -0.25) is 4.99 Å². The van der Waals surface area contributed by atoms with Crippen molar-refractivity contribution in [1.29, 1.82) is 0 Å². The smallest absolute Gasteiger partial charge is 0.119 e. The number of allylic oxidation sites excluding steroid dienone is 6. The van der Waals surface area contributed by atoms with Gasteiger partial charge in [-0.1, -0.05) is 46.3 Å². The van der Waals surface area contributed by atoms with E-state index in [2.05, 4.69) is 39.6 Å². The zero-order chi connectivity index (χ0) is 16.4. The van der Waals surface area contributed by atoms with Crippen molar-refractivity contribution in [2.75, 3.05) is 6.54 Å². The third-order valence-electron chi connectivity index (χ3n) is 3.16. The van der Waals surface area contributed by atoms with Gasteiger partial charge in [0.05, 0.1) is 0 Å². The first-order valence-corrected chi connectivity index (χ1v) is 8.02. The van der Waals surface area contributed by atoms with Crippen molar-refractivity contribution in [3.8, 4) is 0 Å². The molecule has 0 radical (unpaired) electrons. The predicted molar refractivity (Wildman–Crippen MR) is 93.6 cm³/mol. The van der Waals surface area contributed by atoms with E-state index in [-0.39, 0.29) is 11.7 Å². The first kappa shape index (κ1) is 19.8. The summed E-state index contributed by atoms with van der Waals surface area (Å²) in [6, 6.07) is 0. The average molecular weight is 293 g/mol. The molecule has 0 amide bonds. The highest BCUT2D eigenvalue weighted by molar-refractivity contribution is 5.84. The van der Waals surface area contributed by atoms with E-state index in [9.17, 15) is 4.39 Å². The van der Waals surface area contributed by atoms with E-state index in [0.717, 1.165) is 25.1 Å². The minimum atomic E-state index is -0.160. The molecule has 0 bridgehead atoms. The van der Waals surface area contributed by atoms with E-state index in [1.54, 1.807) is 12.2 Å². The van der Waals surface area contributed by atoms with Gasteiger partial charge in [-0.05, 0) is 49.8 Å². The van der Waals surface area contributed by atoms with E-state index in [4.69, 9.17) is 0 Å². The molecule has 0 fully saturated rings. The number of halogens is 1. The molecular weight excluding hydrogens is 261 g/mol. The minimum absolute atomic E-state index is 0.160. The van der Waals surface area contributed by atoms with E-state index >= 15 is 0 Å². The van der Waals surface area contributed by atoms with Crippen molar-refractivity contribution < 1.29 is 4.39 Å². The van der Waals surface area contributed by atoms with Crippen molar-refractivity contribution in [2.24, 2.45) is 16.8 Å². The highest BCUT2D eigenvalue weighted by Gasteiger charge is 2.06. The summed E-state index contributed by atoms with van der Waals surface area (Å²) in [4.78, 5) is 4.53. The normalized spacial score (nSPS) is 15.3. The van der Waals surface area contributed by atoms with Crippen LogP contribution in [0.25, 0.3) is 0 Å². The van der Waals surface area contributed by atoms with Crippen LogP contribution in [0.1, 0.15) is 61.3 Å². The van der Waals surface area contributed by atoms with Crippen LogP contribution in [0.4, 0.5) is 4.39 Å². The fraction of sp³-hybridized carbons (Fsp3) is 0.632. The second kappa shape index (κ2) is 10.5. The Morgan fingerprint density at radius 3 is 2.19 bits per heavy atom. The van der Waals surface area contributed by atoms with Crippen molar-refractivity contribution in [1.82, 2.24) is 0 Å². The van der Waals surface area contributed by atoms with Crippen molar-refractivity contribution in [3.05, 3.63) is 35.2 Å². The summed E-state index contributed by atoms with van der Waals surface area (Å²) in [6.45, 7) is 15.5. The number of nitrogens with zero attached hydrogens (tertiary/aromatic N) is 1. The molecule has 0 atom stereocenters. The maximum Gasteiger partial charge on any atom is 0.119 e. The second-order valence-corrected chi connectivity index (χ2v) is 6.31. The average Bonchev–Trinajstić information content (AvgIpc) is 2.35. The molecule has 0 aromatic heterocycles. The van der Waals surface area contributed by atoms with Gasteiger partial charge in [0.1, 0.15) is 5.83 Å². The fourth-order valence-corrected chi connectivity index (χ4v) is 2.22. The largest absolute Gasteiger partial charge is 0.294 e. The summed E-state index contributed by atoms with van der Waals surface area (Å²) in [7, 11) is 0. The second-order valence-electron chi connectivity index (χ2n) is 6.31. The van der Waals surface area contributed by atoms with Gasteiger partial charge in [-0.15, -0.1) is 0 Å². The Kier molecular flexibility index (Phi) is 9.94. The van der Waals surface area contributed by atoms with E-state index in [1.807, 2.05) is 19.9 Å². The zero-order valence-electron chi connectivity index (χ0n) is 14.8. The molecule has 0 heterocycles. The summed E-state index contributed by atoms with van der Waals surface area (Å²) in [6.07, 6.45) is 7.08. The molecule has 0 rings (SSSR count). The van der Waals surface area contributed by atoms with Gasteiger partial charge in [0, 0.05) is 18.7 Å². The Bertz CT molecular complexity index is 423. The number of rotatable bonds is 8. The number of hydrogen-bond acceptors (Lipinski definition) is 1. The fourth-order valence-electron chi connectivity index (χ4n) is 2.22. The topological polar surface area (TPSA) is 12.4 Å². The first-order chi connectivity index (χ1) is 9.77. The molecule has 2 heteroatoms. The lowest BCUT2D eigenvalue weighted by molar-refractivity contribution is 0.644. The van der Waals surface area contributed by atoms with Gasteiger partial charge >= 0.3 is 0 Å². The molecule has 0 N–H and O–H groups in total. The molecule has 0 spiro atoms. The van der Waals surface area contributed by atoms with Crippen molar-refractivity contribution >= 4 is 5.71 Å². The van der Waals surface area contributed by atoms with Crippen LogP contribution < -0.4 is 0 Å². The molecule has 0 saturated carbocycles.